The number of nitrogens with zero attached hydrogens (tertiary/aromatic N) is 1. The van der Waals surface area contributed by atoms with Gasteiger partial charge in [0.2, 0.25) is 0 Å². The average Bonchev–Trinajstić information content (AvgIpc) is 2.72. The molecule has 2 rings (SSSR count). The van der Waals surface area contributed by atoms with E-state index in [1.165, 1.54) is 11.1 Å². The van der Waals surface area contributed by atoms with Crippen LogP contribution in [0.25, 0.3) is 11.3 Å². The highest BCUT2D eigenvalue weighted by molar-refractivity contribution is 5.62. The number of hydrogen-bond donors (Lipinski definition) is 2. The molecule has 0 atom stereocenters. The van der Waals surface area contributed by atoms with Gasteiger partial charge in [0.25, 0.3) is 0 Å². The van der Waals surface area contributed by atoms with Gasteiger partial charge in [-0.05, 0) is 12.6 Å². The van der Waals surface area contributed by atoms with Gasteiger partial charge < -0.3 is 10.3 Å². The summed E-state index contributed by atoms with van der Waals surface area (Å²) in [6.07, 6.45) is 3.54. The second-order valence-corrected chi connectivity index (χ2v) is 3.15. The third-order valence-electron chi connectivity index (χ3n) is 2.17. The topological polar surface area (TPSA) is 40.7 Å². The molecule has 0 saturated heterocycles. The van der Waals surface area contributed by atoms with Gasteiger partial charge in [-0.1, -0.05) is 24.3 Å². The maximum atomic E-state index is 4.02. The van der Waals surface area contributed by atoms with E-state index < -0.39 is 0 Å². The van der Waals surface area contributed by atoms with E-state index >= 15 is 0 Å². The van der Waals surface area contributed by atoms with Crippen molar-refractivity contribution in [3.8, 4) is 11.3 Å². The van der Waals surface area contributed by atoms with Gasteiger partial charge in [-0.15, -0.1) is 0 Å². The van der Waals surface area contributed by atoms with Crippen LogP contribution in [0.1, 0.15) is 5.56 Å². The van der Waals surface area contributed by atoms with Crippen molar-refractivity contribution in [2.75, 3.05) is 7.05 Å². The summed E-state index contributed by atoms with van der Waals surface area (Å²) in [6, 6.07) is 8.30. The summed E-state index contributed by atoms with van der Waals surface area (Å²) in [5, 5.41) is 3.15. The van der Waals surface area contributed by atoms with Crippen molar-refractivity contribution >= 4 is 0 Å². The minimum atomic E-state index is 0.870. The molecule has 0 radical (unpaired) electrons. The van der Waals surface area contributed by atoms with Crippen molar-refractivity contribution in [3.05, 3.63) is 42.4 Å². The lowest BCUT2D eigenvalue weighted by molar-refractivity contribution is 0.819. The molecule has 14 heavy (non-hydrogen) atoms. The van der Waals surface area contributed by atoms with E-state index in [2.05, 4.69) is 27.4 Å². The van der Waals surface area contributed by atoms with Gasteiger partial charge in [0.05, 0.1) is 18.2 Å². The molecule has 3 nitrogen and oxygen atoms in total. The van der Waals surface area contributed by atoms with Gasteiger partial charge in [0.15, 0.2) is 0 Å². The van der Waals surface area contributed by atoms with Crippen LogP contribution in [0, 0.1) is 0 Å². The first kappa shape index (κ1) is 8.97. The predicted octanol–water partition coefficient (Wildman–Crippen LogP) is 1.80. The fraction of sp³-hybridized carbons (Fsp3) is 0.182. The molecular formula is C11H13N3. The van der Waals surface area contributed by atoms with E-state index in [9.17, 15) is 0 Å². The number of aromatic amines is 1. The fourth-order valence-electron chi connectivity index (χ4n) is 1.53. The lowest BCUT2D eigenvalue weighted by atomic mass is 10.1. The zero-order chi connectivity index (χ0) is 9.80. The molecule has 2 aromatic rings. The lowest BCUT2D eigenvalue weighted by Crippen LogP contribution is -2.06. The quantitative estimate of drug-likeness (QED) is 0.769. The third kappa shape index (κ3) is 1.67. The van der Waals surface area contributed by atoms with Gasteiger partial charge in [-0.25, -0.2) is 4.98 Å². The van der Waals surface area contributed by atoms with Crippen molar-refractivity contribution in [1.29, 1.82) is 0 Å². The third-order valence-corrected chi connectivity index (χ3v) is 2.17. The number of aromatic nitrogens is 2. The van der Waals surface area contributed by atoms with Crippen molar-refractivity contribution < 1.29 is 0 Å². The molecule has 0 aliphatic carbocycles. The molecule has 0 unspecified atom stereocenters. The Hall–Kier alpha value is -1.61. The van der Waals surface area contributed by atoms with Crippen LogP contribution in [0.4, 0.5) is 0 Å². The zero-order valence-electron chi connectivity index (χ0n) is 8.12. The lowest BCUT2D eigenvalue weighted by Gasteiger charge is -2.06. The fourth-order valence-corrected chi connectivity index (χ4v) is 1.53. The summed E-state index contributed by atoms with van der Waals surface area (Å²) in [5.74, 6) is 0. The number of hydrogen-bond acceptors (Lipinski definition) is 2. The van der Waals surface area contributed by atoms with Crippen molar-refractivity contribution in [3.63, 3.8) is 0 Å². The van der Waals surface area contributed by atoms with Crippen LogP contribution in [0.3, 0.4) is 0 Å². The molecule has 0 saturated carbocycles. The number of benzene rings is 1. The smallest absolute Gasteiger partial charge is 0.0924 e. The Morgan fingerprint density at radius 1 is 1.36 bits per heavy atom. The predicted molar refractivity (Wildman–Crippen MR) is 56.8 cm³/mol. The molecule has 0 fully saturated rings. The molecule has 0 aliphatic rings. The molecule has 1 heterocycles. The largest absolute Gasteiger partial charge is 0.345 e. The van der Waals surface area contributed by atoms with Crippen LogP contribution < -0.4 is 5.32 Å². The average molecular weight is 187 g/mol. The molecule has 0 bridgehead atoms. The summed E-state index contributed by atoms with van der Waals surface area (Å²) in [6.45, 7) is 0.870. The van der Waals surface area contributed by atoms with Crippen molar-refractivity contribution in [1.82, 2.24) is 15.3 Å². The van der Waals surface area contributed by atoms with Gasteiger partial charge in [-0.3, -0.25) is 0 Å². The molecule has 1 aromatic carbocycles. The highest BCUT2D eigenvalue weighted by atomic mass is 14.9. The maximum Gasteiger partial charge on any atom is 0.0924 e. The molecule has 72 valence electrons. The second-order valence-electron chi connectivity index (χ2n) is 3.15. The van der Waals surface area contributed by atoms with Gasteiger partial charge in [0, 0.05) is 12.1 Å². The first-order valence-corrected chi connectivity index (χ1v) is 4.63. The van der Waals surface area contributed by atoms with E-state index in [4.69, 9.17) is 0 Å². The zero-order valence-corrected chi connectivity index (χ0v) is 8.12. The van der Waals surface area contributed by atoms with Gasteiger partial charge in [-0.2, -0.15) is 0 Å². The Labute approximate surface area is 83.2 Å². The van der Waals surface area contributed by atoms with Crippen LogP contribution in [-0.2, 0) is 6.54 Å². The molecule has 2 N–H and O–H groups in total. The minimum Gasteiger partial charge on any atom is -0.345 e. The number of imidazole rings is 1. The van der Waals surface area contributed by atoms with E-state index in [0.29, 0.717) is 0 Å². The Balaban J connectivity index is 2.42. The summed E-state index contributed by atoms with van der Waals surface area (Å²) in [7, 11) is 1.95. The second kappa shape index (κ2) is 4.07. The molecule has 1 aromatic heterocycles. The number of H-pyrrole nitrogens is 1. The number of nitrogens with one attached hydrogen (secondary N) is 2. The summed E-state index contributed by atoms with van der Waals surface area (Å²) < 4.78 is 0. The van der Waals surface area contributed by atoms with Crippen LogP contribution >= 0.6 is 0 Å². The van der Waals surface area contributed by atoms with E-state index in [1.807, 2.05) is 25.4 Å². The molecule has 0 aliphatic heterocycles. The Morgan fingerprint density at radius 3 is 2.93 bits per heavy atom. The van der Waals surface area contributed by atoms with E-state index in [-0.39, 0.29) is 0 Å². The van der Waals surface area contributed by atoms with Crippen LogP contribution in [0.15, 0.2) is 36.8 Å². The summed E-state index contributed by atoms with van der Waals surface area (Å²) in [5.41, 5.74) is 3.55. The Morgan fingerprint density at radius 2 is 2.21 bits per heavy atom. The number of rotatable bonds is 3. The standard InChI is InChI=1S/C11H13N3/c1-12-6-9-4-2-3-5-10(9)11-7-13-8-14-11/h2-5,7-8,12H,6H2,1H3,(H,13,14). The SMILES string of the molecule is CNCc1ccccc1-c1cnc[nH]1. The highest BCUT2D eigenvalue weighted by Crippen LogP contribution is 2.20. The van der Waals surface area contributed by atoms with Crippen LogP contribution in [0.2, 0.25) is 0 Å². The summed E-state index contributed by atoms with van der Waals surface area (Å²) >= 11 is 0. The molecule has 3 heteroatoms. The minimum absolute atomic E-state index is 0.870. The van der Waals surface area contributed by atoms with Crippen molar-refractivity contribution in [2.24, 2.45) is 0 Å². The Kier molecular flexibility index (Phi) is 2.60. The first-order valence-electron chi connectivity index (χ1n) is 4.63. The van der Waals surface area contributed by atoms with E-state index in [0.717, 1.165) is 12.2 Å². The van der Waals surface area contributed by atoms with Crippen LogP contribution in [-0.4, -0.2) is 17.0 Å². The maximum absolute atomic E-state index is 4.02. The molecular weight excluding hydrogens is 174 g/mol. The van der Waals surface area contributed by atoms with Gasteiger partial charge in [0.1, 0.15) is 0 Å². The molecule has 0 amide bonds. The van der Waals surface area contributed by atoms with Crippen LogP contribution in [0.5, 0.6) is 0 Å². The van der Waals surface area contributed by atoms with E-state index in [1.54, 1.807) is 6.33 Å². The first-order chi connectivity index (χ1) is 6.92. The van der Waals surface area contributed by atoms with Crippen molar-refractivity contribution in [2.45, 2.75) is 6.54 Å². The summed E-state index contributed by atoms with van der Waals surface area (Å²) in [4.78, 5) is 7.14. The van der Waals surface area contributed by atoms with Gasteiger partial charge >= 0.3 is 0 Å². The highest BCUT2D eigenvalue weighted by Gasteiger charge is 2.03. The Bertz CT molecular complexity index is 393. The monoisotopic (exact) mass is 187 g/mol. The normalized spacial score (nSPS) is 10.4. The molecule has 0 spiro atoms.